The van der Waals surface area contributed by atoms with Gasteiger partial charge in [0.15, 0.2) is 0 Å². The highest BCUT2D eigenvalue weighted by atomic mass is 35.5. The Morgan fingerprint density at radius 3 is 2.58 bits per heavy atom. The minimum absolute atomic E-state index is 0.157. The lowest BCUT2D eigenvalue weighted by atomic mass is 10.1. The molecule has 2 aromatic rings. The Morgan fingerprint density at radius 1 is 1.32 bits per heavy atom. The van der Waals surface area contributed by atoms with Crippen LogP contribution < -0.4 is 5.32 Å². The molecule has 1 atom stereocenters. The minimum atomic E-state index is -0.238. The maximum absolute atomic E-state index is 12.0. The molecule has 1 unspecified atom stereocenters. The molecule has 0 bridgehead atoms. The fourth-order valence-electron chi connectivity index (χ4n) is 1.91. The van der Waals surface area contributed by atoms with Crippen LogP contribution >= 0.6 is 11.6 Å². The summed E-state index contributed by atoms with van der Waals surface area (Å²) in [4.78, 5) is 12.0. The number of amides is 1. The molecule has 0 aliphatic heterocycles. The third kappa shape index (κ3) is 3.38. The second-order valence-electron chi connectivity index (χ2n) is 4.42. The molecule has 0 saturated heterocycles. The predicted molar refractivity (Wildman–Crippen MR) is 75.6 cm³/mol. The molecular formula is C15H16ClNO2. The van der Waals surface area contributed by atoms with Crippen LogP contribution in [-0.2, 0) is 0 Å². The molecule has 0 saturated carbocycles. The number of benzene rings is 1. The number of aryl methyl sites for hydroxylation is 2. The highest BCUT2D eigenvalue weighted by Gasteiger charge is 2.15. The van der Waals surface area contributed by atoms with Crippen molar-refractivity contribution in [1.82, 2.24) is 5.32 Å². The predicted octanol–water partition coefficient (Wildman–Crippen LogP) is 3.61. The fourth-order valence-corrected chi connectivity index (χ4v) is 2.14. The van der Waals surface area contributed by atoms with Crippen LogP contribution in [0.5, 0.6) is 0 Å². The number of carbonyl (C=O) groups excluding carboxylic acids is 1. The molecular weight excluding hydrogens is 262 g/mol. The molecule has 1 amide bonds. The van der Waals surface area contributed by atoms with E-state index in [9.17, 15) is 4.79 Å². The SMILES string of the molecule is Cc1cc(C(=O)NCC(Cl)c2ccccc2)c(C)o1. The van der Waals surface area contributed by atoms with E-state index in [1.54, 1.807) is 13.0 Å². The number of hydrogen-bond acceptors (Lipinski definition) is 2. The Bertz CT molecular complexity index is 563. The van der Waals surface area contributed by atoms with Crippen LogP contribution in [-0.4, -0.2) is 12.5 Å². The van der Waals surface area contributed by atoms with Gasteiger partial charge in [-0.25, -0.2) is 0 Å². The first-order chi connectivity index (χ1) is 9.08. The molecule has 2 rings (SSSR count). The Morgan fingerprint density at radius 2 is 2.00 bits per heavy atom. The number of nitrogens with one attached hydrogen (secondary N) is 1. The summed E-state index contributed by atoms with van der Waals surface area (Å²) in [5.41, 5.74) is 1.55. The zero-order valence-electron chi connectivity index (χ0n) is 10.9. The minimum Gasteiger partial charge on any atom is -0.466 e. The third-order valence-corrected chi connectivity index (χ3v) is 3.29. The number of halogens is 1. The standard InChI is InChI=1S/C15H16ClNO2/c1-10-8-13(11(2)19-10)15(18)17-9-14(16)12-6-4-3-5-7-12/h3-8,14H,9H2,1-2H3,(H,17,18). The number of furan rings is 1. The summed E-state index contributed by atoms with van der Waals surface area (Å²) >= 11 is 6.24. The maximum Gasteiger partial charge on any atom is 0.254 e. The second-order valence-corrected chi connectivity index (χ2v) is 4.94. The quantitative estimate of drug-likeness (QED) is 0.868. The molecule has 0 spiro atoms. The third-order valence-electron chi connectivity index (χ3n) is 2.89. The van der Waals surface area contributed by atoms with Crippen LogP contribution in [0.4, 0.5) is 0 Å². The van der Waals surface area contributed by atoms with Gasteiger partial charge in [-0.05, 0) is 25.5 Å². The lowest BCUT2D eigenvalue weighted by molar-refractivity contribution is 0.0952. The monoisotopic (exact) mass is 277 g/mol. The number of carbonyl (C=O) groups is 1. The average molecular weight is 278 g/mol. The van der Waals surface area contributed by atoms with Crippen molar-refractivity contribution in [3.8, 4) is 0 Å². The van der Waals surface area contributed by atoms with E-state index in [4.69, 9.17) is 16.0 Å². The van der Waals surface area contributed by atoms with Crippen molar-refractivity contribution in [2.75, 3.05) is 6.54 Å². The molecule has 1 N–H and O–H groups in total. The van der Waals surface area contributed by atoms with Crippen molar-refractivity contribution in [2.24, 2.45) is 0 Å². The lowest BCUT2D eigenvalue weighted by Gasteiger charge is -2.10. The molecule has 0 fully saturated rings. The van der Waals surface area contributed by atoms with Crippen molar-refractivity contribution in [3.05, 3.63) is 59.0 Å². The van der Waals surface area contributed by atoms with Crippen LogP contribution in [0, 0.1) is 13.8 Å². The Balaban J connectivity index is 1.96. The van der Waals surface area contributed by atoms with Gasteiger partial charge in [-0.3, -0.25) is 4.79 Å². The van der Waals surface area contributed by atoms with Gasteiger partial charge in [0.1, 0.15) is 11.5 Å². The molecule has 1 aromatic carbocycles. The topological polar surface area (TPSA) is 42.2 Å². The van der Waals surface area contributed by atoms with Gasteiger partial charge in [0.2, 0.25) is 0 Å². The van der Waals surface area contributed by atoms with Crippen LogP contribution in [0.3, 0.4) is 0 Å². The number of hydrogen-bond donors (Lipinski definition) is 1. The van der Waals surface area contributed by atoms with Crippen molar-refractivity contribution in [3.63, 3.8) is 0 Å². The van der Waals surface area contributed by atoms with Gasteiger partial charge in [0.25, 0.3) is 5.91 Å². The van der Waals surface area contributed by atoms with Crippen LogP contribution in [0.2, 0.25) is 0 Å². The Kier molecular flexibility index (Phi) is 4.27. The van der Waals surface area contributed by atoms with Crippen molar-refractivity contribution >= 4 is 17.5 Å². The first kappa shape index (κ1) is 13.7. The van der Waals surface area contributed by atoms with E-state index in [1.165, 1.54) is 0 Å². The molecule has 19 heavy (non-hydrogen) atoms. The average Bonchev–Trinajstić information content (AvgIpc) is 2.75. The van der Waals surface area contributed by atoms with Crippen molar-refractivity contribution in [2.45, 2.75) is 19.2 Å². The number of rotatable bonds is 4. The fraction of sp³-hybridized carbons (Fsp3) is 0.267. The molecule has 0 aliphatic carbocycles. The summed E-state index contributed by atoms with van der Waals surface area (Å²) in [6.45, 7) is 3.98. The molecule has 1 aromatic heterocycles. The van der Waals surface area contributed by atoms with Crippen LogP contribution in [0.25, 0.3) is 0 Å². The van der Waals surface area contributed by atoms with Gasteiger partial charge < -0.3 is 9.73 Å². The first-order valence-corrected chi connectivity index (χ1v) is 6.56. The summed E-state index contributed by atoms with van der Waals surface area (Å²) in [6, 6.07) is 11.4. The van der Waals surface area contributed by atoms with E-state index in [1.807, 2.05) is 37.3 Å². The highest BCUT2D eigenvalue weighted by molar-refractivity contribution is 6.21. The van der Waals surface area contributed by atoms with Crippen molar-refractivity contribution in [1.29, 1.82) is 0 Å². The normalized spacial score (nSPS) is 12.2. The lowest BCUT2D eigenvalue weighted by Crippen LogP contribution is -2.27. The molecule has 1 heterocycles. The van der Waals surface area contributed by atoms with E-state index in [-0.39, 0.29) is 11.3 Å². The summed E-state index contributed by atoms with van der Waals surface area (Å²) in [5.74, 6) is 1.20. The molecule has 4 heteroatoms. The summed E-state index contributed by atoms with van der Waals surface area (Å²) in [7, 11) is 0. The van der Waals surface area contributed by atoms with Gasteiger partial charge >= 0.3 is 0 Å². The van der Waals surface area contributed by atoms with E-state index in [0.29, 0.717) is 17.9 Å². The van der Waals surface area contributed by atoms with Gasteiger partial charge in [-0.15, -0.1) is 11.6 Å². The van der Waals surface area contributed by atoms with Crippen molar-refractivity contribution < 1.29 is 9.21 Å². The highest BCUT2D eigenvalue weighted by Crippen LogP contribution is 2.19. The summed E-state index contributed by atoms with van der Waals surface area (Å²) in [6.07, 6.45) is 0. The van der Waals surface area contributed by atoms with E-state index in [0.717, 1.165) is 11.3 Å². The van der Waals surface area contributed by atoms with E-state index in [2.05, 4.69) is 5.32 Å². The number of alkyl halides is 1. The first-order valence-electron chi connectivity index (χ1n) is 6.12. The van der Waals surface area contributed by atoms with E-state index < -0.39 is 0 Å². The van der Waals surface area contributed by atoms with Gasteiger partial charge in [-0.2, -0.15) is 0 Å². The summed E-state index contributed by atoms with van der Waals surface area (Å²) in [5, 5.41) is 2.58. The van der Waals surface area contributed by atoms with Crippen LogP contribution in [0.1, 0.15) is 32.8 Å². The summed E-state index contributed by atoms with van der Waals surface area (Å²) < 4.78 is 5.33. The smallest absolute Gasteiger partial charge is 0.254 e. The Hall–Kier alpha value is -1.74. The molecule has 0 radical (unpaired) electrons. The zero-order valence-corrected chi connectivity index (χ0v) is 11.7. The van der Waals surface area contributed by atoms with Gasteiger partial charge in [0, 0.05) is 6.54 Å². The zero-order chi connectivity index (χ0) is 13.8. The van der Waals surface area contributed by atoms with E-state index >= 15 is 0 Å². The molecule has 0 aliphatic rings. The maximum atomic E-state index is 12.0. The largest absolute Gasteiger partial charge is 0.466 e. The van der Waals surface area contributed by atoms with Crippen LogP contribution in [0.15, 0.2) is 40.8 Å². The Labute approximate surface area is 117 Å². The molecule has 3 nitrogen and oxygen atoms in total. The second kappa shape index (κ2) is 5.93. The van der Waals surface area contributed by atoms with Gasteiger partial charge in [0.05, 0.1) is 10.9 Å². The van der Waals surface area contributed by atoms with Gasteiger partial charge in [-0.1, -0.05) is 30.3 Å². The molecule has 100 valence electrons.